The van der Waals surface area contributed by atoms with Gasteiger partial charge < -0.3 is 15.0 Å². The van der Waals surface area contributed by atoms with E-state index in [2.05, 4.69) is 47.1 Å². The van der Waals surface area contributed by atoms with Crippen LogP contribution >= 0.6 is 31.9 Å². The molecular formula is C13H13Br2N3O2. The Morgan fingerprint density at radius 3 is 2.90 bits per heavy atom. The molecule has 20 heavy (non-hydrogen) atoms. The molecule has 2 heterocycles. The van der Waals surface area contributed by atoms with Gasteiger partial charge in [-0.3, -0.25) is 4.98 Å². The second-order valence-electron chi connectivity index (χ2n) is 3.90. The highest BCUT2D eigenvalue weighted by atomic mass is 79.9. The SMILES string of the molecule is CCOC(=O)c1[nH]c(Br)c(Br)c1NCc1ccccn1. The summed E-state index contributed by atoms with van der Waals surface area (Å²) in [6, 6.07) is 5.68. The van der Waals surface area contributed by atoms with Gasteiger partial charge in [0.15, 0.2) is 5.69 Å². The van der Waals surface area contributed by atoms with Crippen molar-refractivity contribution in [2.75, 3.05) is 11.9 Å². The Morgan fingerprint density at radius 2 is 2.25 bits per heavy atom. The van der Waals surface area contributed by atoms with Crippen LogP contribution in [0, 0.1) is 0 Å². The minimum absolute atomic E-state index is 0.326. The monoisotopic (exact) mass is 401 g/mol. The number of carbonyl (C=O) groups excluding carboxylic acids is 1. The first-order chi connectivity index (χ1) is 9.63. The molecule has 0 bridgehead atoms. The molecular weight excluding hydrogens is 390 g/mol. The molecule has 0 amide bonds. The molecule has 0 saturated carbocycles. The Hall–Kier alpha value is -1.34. The van der Waals surface area contributed by atoms with Gasteiger partial charge in [-0.2, -0.15) is 0 Å². The number of anilines is 1. The van der Waals surface area contributed by atoms with Crippen LogP contribution in [0.5, 0.6) is 0 Å². The summed E-state index contributed by atoms with van der Waals surface area (Å²) in [7, 11) is 0. The topological polar surface area (TPSA) is 67.0 Å². The van der Waals surface area contributed by atoms with Gasteiger partial charge in [0.05, 0.1) is 33.6 Å². The van der Waals surface area contributed by atoms with Crippen LogP contribution in [-0.2, 0) is 11.3 Å². The van der Waals surface area contributed by atoms with E-state index in [0.29, 0.717) is 29.1 Å². The van der Waals surface area contributed by atoms with Crippen molar-refractivity contribution in [3.63, 3.8) is 0 Å². The Balaban J connectivity index is 2.20. The predicted molar refractivity (Wildman–Crippen MR) is 83.7 cm³/mol. The van der Waals surface area contributed by atoms with Crippen LogP contribution < -0.4 is 5.32 Å². The van der Waals surface area contributed by atoms with Crippen molar-refractivity contribution in [3.05, 3.63) is 44.9 Å². The van der Waals surface area contributed by atoms with Gasteiger partial charge in [-0.05, 0) is 50.9 Å². The van der Waals surface area contributed by atoms with E-state index >= 15 is 0 Å². The van der Waals surface area contributed by atoms with Crippen molar-refractivity contribution in [1.82, 2.24) is 9.97 Å². The third-order valence-electron chi connectivity index (χ3n) is 2.55. The van der Waals surface area contributed by atoms with Crippen molar-refractivity contribution >= 4 is 43.5 Å². The van der Waals surface area contributed by atoms with Crippen LogP contribution in [-0.4, -0.2) is 22.5 Å². The molecule has 0 saturated heterocycles. The average Bonchev–Trinajstić information content (AvgIpc) is 2.74. The number of hydrogen-bond donors (Lipinski definition) is 2. The first-order valence-electron chi connectivity index (χ1n) is 6.01. The highest BCUT2D eigenvalue weighted by molar-refractivity contribution is 9.13. The highest BCUT2D eigenvalue weighted by Gasteiger charge is 2.20. The molecule has 0 aromatic carbocycles. The summed E-state index contributed by atoms with van der Waals surface area (Å²) in [6.07, 6.45) is 1.73. The standard InChI is InChI=1S/C13H13Br2N3O2/c1-2-20-13(19)11-10(9(14)12(15)18-11)17-7-8-5-3-4-6-16-8/h3-6,17-18H,2,7H2,1H3. The van der Waals surface area contributed by atoms with E-state index in [1.54, 1.807) is 13.1 Å². The number of esters is 1. The molecule has 0 fully saturated rings. The van der Waals surface area contributed by atoms with Gasteiger partial charge in [-0.1, -0.05) is 6.07 Å². The summed E-state index contributed by atoms with van der Waals surface area (Å²) in [5.41, 5.74) is 1.91. The number of ether oxygens (including phenoxy) is 1. The molecule has 5 nitrogen and oxygen atoms in total. The maximum absolute atomic E-state index is 11.9. The van der Waals surface area contributed by atoms with Crippen LogP contribution in [0.4, 0.5) is 5.69 Å². The zero-order valence-electron chi connectivity index (χ0n) is 10.7. The minimum atomic E-state index is -0.401. The molecule has 0 spiro atoms. The van der Waals surface area contributed by atoms with Gasteiger partial charge in [-0.25, -0.2) is 4.79 Å². The quantitative estimate of drug-likeness (QED) is 0.748. The second-order valence-corrected chi connectivity index (χ2v) is 5.48. The zero-order chi connectivity index (χ0) is 14.5. The van der Waals surface area contributed by atoms with Gasteiger partial charge in [0.1, 0.15) is 0 Å². The van der Waals surface area contributed by atoms with Gasteiger partial charge in [-0.15, -0.1) is 0 Å². The molecule has 2 rings (SSSR count). The molecule has 2 aromatic heterocycles. The Kier molecular flexibility index (Phi) is 5.19. The third-order valence-corrected chi connectivity index (χ3v) is 4.47. The number of aromatic nitrogens is 2. The fourth-order valence-corrected chi connectivity index (χ4v) is 2.48. The molecule has 106 valence electrons. The zero-order valence-corrected chi connectivity index (χ0v) is 13.9. The molecule has 7 heteroatoms. The summed E-state index contributed by atoms with van der Waals surface area (Å²) in [5, 5.41) is 3.19. The van der Waals surface area contributed by atoms with Crippen molar-refractivity contribution in [2.24, 2.45) is 0 Å². The fourth-order valence-electron chi connectivity index (χ4n) is 1.65. The van der Waals surface area contributed by atoms with Gasteiger partial charge >= 0.3 is 5.97 Å². The van der Waals surface area contributed by atoms with E-state index in [4.69, 9.17) is 4.74 Å². The summed E-state index contributed by atoms with van der Waals surface area (Å²) < 4.78 is 6.45. The lowest BCUT2D eigenvalue weighted by molar-refractivity contribution is 0.0521. The van der Waals surface area contributed by atoms with Crippen LogP contribution in [0.2, 0.25) is 0 Å². The molecule has 0 atom stereocenters. The molecule has 0 unspecified atom stereocenters. The molecule has 0 radical (unpaired) electrons. The van der Waals surface area contributed by atoms with E-state index in [1.807, 2.05) is 18.2 Å². The molecule has 0 aliphatic carbocycles. The smallest absolute Gasteiger partial charge is 0.356 e. The van der Waals surface area contributed by atoms with Gasteiger partial charge in [0.25, 0.3) is 0 Å². The van der Waals surface area contributed by atoms with Gasteiger partial charge in [0, 0.05) is 6.20 Å². The van der Waals surface area contributed by atoms with E-state index < -0.39 is 5.97 Å². The Bertz CT molecular complexity index is 599. The number of carbonyl (C=O) groups is 1. The first-order valence-corrected chi connectivity index (χ1v) is 7.60. The minimum Gasteiger partial charge on any atom is -0.461 e. The lowest BCUT2D eigenvalue weighted by Gasteiger charge is -2.07. The summed E-state index contributed by atoms with van der Waals surface area (Å²) in [5.74, 6) is -0.401. The molecule has 0 aliphatic rings. The highest BCUT2D eigenvalue weighted by Crippen LogP contribution is 2.34. The van der Waals surface area contributed by atoms with E-state index in [1.165, 1.54) is 0 Å². The average molecular weight is 403 g/mol. The molecule has 2 aromatic rings. The number of nitrogens with zero attached hydrogens (tertiary/aromatic N) is 1. The number of pyridine rings is 1. The lowest BCUT2D eigenvalue weighted by Crippen LogP contribution is -2.10. The van der Waals surface area contributed by atoms with E-state index in [0.717, 1.165) is 10.2 Å². The number of rotatable bonds is 5. The number of nitrogens with one attached hydrogen (secondary N) is 2. The van der Waals surface area contributed by atoms with Crippen LogP contribution in [0.3, 0.4) is 0 Å². The predicted octanol–water partition coefficient (Wildman–Crippen LogP) is 3.72. The van der Waals surface area contributed by atoms with Crippen LogP contribution in [0.25, 0.3) is 0 Å². The summed E-state index contributed by atoms with van der Waals surface area (Å²) >= 11 is 6.77. The Morgan fingerprint density at radius 1 is 1.45 bits per heavy atom. The largest absolute Gasteiger partial charge is 0.461 e. The van der Waals surface area contributed by atoms with Crippen LogP contribution in [0.1, 0.15) is 23.1 Å². The van der Waals surface area contributed by atoms with Gasteiger partial charge in [0.2, 0.25) is 0 Å². The van der Waals surface area contributed by atoms with Crippen molar-refractivity contribution < 1.29 is 9.53 Å². The van der Waals surface area contributed by atoms with E-state index in [9.17, 15) is 4.79 Å². The van der Waals surface area contributed by atoms with Crippen molar-refractivity contribution in [3.8, 4) is 0 Å². The number of aromatic amines is 1. The summed E-state index contributed by atoms with van der Waals surface area (Å²) in [6.45, 7) is 2.61. The lowest BCUT2D eigenvalue weighted by atomic mass is 10.3. The van der Waals surface area contributed by atoms with Crippen molar-refractivity contribution in [2.45, 2.75) is 13.5 Å². The summed E-state index contributed by atoms with van der Waals surface area (Å²) in [4.78, 5) is 19.1. The normalized spacial score (nSPS) is 10.3. The first kappa shape index (κ1) is 15.1. The second kappa shape index (κ2) is 6.90. The maximum atomic E-state index is 11.9. The maximum Gasteiger partial charge on any atom is 0.356 e. The Labute approximate surface area is 133 Å². The number of hydrogen-bond acceptors (Lipinski definition) is 4. The molecule has 2 N–H and O–H groups in total. The van der Waals surface area contributed by atoms with Crippen molar-refractivity contribution in [1.29, 1.82) is 0 Å². The van der Waals surface area contributed by atoms with Crippen LogP contribution in [0.15, 0.2) is 33.5 Å². The number of H-pyrrole nitrogens is 1. The van der Waals surface area contributed by atoms with E-state index in [-0.39, 0.29) is 0 Å². The number of halogens is 2. The molecule has 0 aliphatic heterocycles. The fraction of sp³-hybridized carbons (Fsp3) is 0.231. The third kappa shape index (κ3) is 3.40.